The molecule has 0 spiro atoms. The first-order chi connectivity index (χ1) is 18.1. The number of benzene rings is 3. The van der Waals surface area contributed by atoms with Gasteiger partial charge in [0.2, 0.25) is 0 Å². The number of aromatic hydroxyl groups is 1. The van der Waals surface area contributed by atoms with Gasteiger partial charge in [-0.3, -0.25) is 4.90 Å². The zero-order chi connectivity index (χ0) is 27.2. The van der Waals surface area contributed by atoms with E-state index in [2.05, 4.69) is 11.8 Å². The third-order valence-corrected chi connectivity index (χ3v) is 8.15. The van der Waals surface area contributed by atoms with Crippen LogP contribution in [0, 0.1) is 23.0 Å². The number of hydrazine groups is 1. The average Bonchev–Trinajstić information content (AvgIpc) is 2.92. The second-order valence-electron chi connectivity index (χ2n) is 10.3. The highest BCUT2D eigenvalue weighted by atomic mass is 19.2. The molecule has 0 aromatic heterocycles. The number of urea groups is 1. The van der Waals surface area contributed by atoms with Crippen molar-refractivity contribution in [2.45, 2.75) is 43.8 Å². The number of nitriles is 1. The average molecular weight is 518 g/mol. The van der Waals surface area contributed by atoms with Crippen LogP contribution in [0.1, 0.15) is 35.6 Å². The van der Waals surface area contributed by atoms with Gasteiger partial charge in [0.25, 0.3) is 0 Å². The number of carbonyl (C=O) groups excluding carboxylic acids is 1. The van der Waals surface area contributed by atoms with Crippen LogP contribution in [-0.4, -0.2) is 46.6 Å². The summed E-state index contributed by atoms with van der Waals surface area (Å²) < 4.78 is 28.6. The summed E-state index contributed by atoms with van der Waals surface area (Å²) in [6, 6.07) is 16.9. The highest BCUT2D eigenvalue weighted by Crippen LogP contribution is 2.48. The van der Waals surface area contributed by atoms with Crippen molar-refractivity contribution in [3.8, 4) is 11.8 Å². The number of nitrogens with zero attached hydrogens (tertiary/aromatic N) is 4. The zero-order valence-electron chi connectivity index (χ0n) is 21.2. The number of piperidine rings is 1. The van der Waals surface area contributed by atoms with E-state index in [9.17, 15) is 18.7 Å². The molecule has 3 atom stereocenters. The number of halogens is 2. The van der Waals surface area contributed by atoms with Crippen molar-refractivity contribution in [1.29, 1.82) is 5.26 Å². The summed E-state index contributed by atoms with van der Waals surface area (Å²) in [4.78, 5) is 17.4. The van der Waals surface area contributed by atoms with E-state index in [0.717, 1.165) is 22.2 Å². The molecular weight excluding hydrogens is 488 g/mol. The van der Waals surface area contributed by atoms with Gasteiger partial charge in [-0.15, -0.1) is 0 Å². The molecule has 0 radical (unpaired) electrons. The molecule has 1 unspecified atom stereocenters. The topological polar surface area (TPSA) is 96.8 Å². The maximum absolute atomic E-state index is 14.6. The van der Waals surface area contributed by atoms with Crippen molar-refractivity contribution < 1.29 is 18.7 Å². The molecule has 3 N–H and O–H groups in total. The van der Waals surface area contributed by atoms with Crippen LogP contribution in [0.3, 0.4) is 0 Å². The van der Waals surface area contributed by atoms with Gasteiger partial charge in [-0.25, -0.2) is 24.4 Å². The molecule has 1 aliphatic carbocycles. The summed E-state index contributed by atoms with van der Waals surface area (Å²) in [5, 5.41) is 20.4. The van der Waals surface area contributed by atoms with Crippen LogP contribution in [0.25, 0.3) is 0 Å². The van der Waals surface area contributed by atoms with Crippen LogP contribution in [0.15, 0.2) is 60.7 Å². The standard InChI is InChI=1S/C29H29F2N5O2/c1-29-12-13-35(17-20-4-3-5-24(30)26(20)31)25(14-19-8-11-22(37)15-23(19)29)27(29)34(2)28(38)36(33)21-9-6-18(16-32)7-10-21/h3-11,15,25,27,37H,12-14,17,33H2,1-2H3/t25?,27-,29+/m0/s1. The number of hydrogen-bond acceptors (Lipinski definition) is 5. The number of amides is 2. The second-order valence-corrected chi connectivity index (χ2v) is 10.3. The number of hydrogen-bond donors (Lipinski definition) is 2. The Morgan fingerprint density at radius 3 is 2.66 bits per heavy atom. The monoisotopic (exact) mass is 517 g/mol. The number of phenolic OH excluding ortho intramolecular Hbond substituents is 1. The van der Waals surface area contributed by atoms with E-state index in [0.29, 0.717) is 30.6 Å². The number of anilines is 1. The lowest BCUT2D eigenvalue weighted by molar-refractivity contribution is 0.000786. The van der Waals surface area contributed by atoms with Crippen molar-refractivity contribution in [2.75, 3.05) is 18.6 Å². The lowest BCUT2D eigenvalue weighted by atomic mass is 9.61. The van der Waals surface area contributed by atoms with Gasteiger partial charge >= 0.3 is 6.03 Å². The summed E-state index contributed by atoms with van der Waals surface area (Å²) in [6.07, 6.45) is 1.19. The minimum Gasteiger partial charge on any atom is -0.508 e. The lowest BCUT2D eigenvalue weighted by Gasteiger charge is -2.58. The number of rotatable bonds is 4. The van der Waals surface area contributed by atoms with Crippen LogP contribution < -0.4 is 10.9 Å². The van der Waals surface area contributed by atoms with E-state index in [1.165, 1.54) is 6.07 Å². The fraction of sp³-hybridized carbons (Fsp3) is 0.310. The molecule has 3 aromatic carbocycles. The Kier molecular flexibility index (Phi) is 6.55. The van der Waals surface area contributed by atoms with Crippen LogP contribution in [0.2, 0.25) is 0 Å². The van der Waals surface area contributed by atoms with Crippen LogP contribution >= 0.6 is 0 Å². The van der Waals surface area contributed by atoms with Gasteiger partial charge in [-0.1, -0.05) is 25.1 Å². The third kappa shape index (κ3) is 4.26. The van der Waals surface area contributed by atoms with Crippen LogP contribution in [0.5, 0.6) is 5.75 Å². The molecule has 2 aliphatic rings. The molecule has 5 rings (SSSR count). The van der Waals surface area contributed by atoms with Gasteiger partial charge in [-0.05, 0) is 73.0 Å². The van der Waals surface area contributed by atoms with Gasteiger partial charge in [0.1, 0.15) is 5.75 Å². The Morgan fingerprint density at radius 2 is 1.95 bits per heavy atom. The number of carbonyl (C=O) groups is 1. The Hall–Kier alpha value is -4.00. The Bertz CT molecular complexity index is 1420. The van der Waals surface area contributed by atoms with Gasteiger partial charge in [0.15, 0.2) is 11.6 Å². The van der Waals surface area contributed by atoms with Gasteiger partial charge in [-0.2, -0.15) is 5.26 Å². The number of phenols is 1. The Balaban J connectivity index is 1.52. The van der Waals surface area contributed by atoms with E-state index < -0.39 is 23.1 Å². The predicted octanol–water partition coefficient (Wildman–Crippen LogP) is 4.43. The maximum Gasteiger partial charge on any atom is 0.338 e. The van der Waals surface area contributed by atoms with Crippen LogP contribution in [0.4, 0.5) is 19.3 Å². The first-order valence-electron chi connectivity index (χ1n) is 12.4. The summed E-state index contributed by atoms with van der Waals surface area (Å²) >= 11 is 0. The minimum atomic E-state index is -0.890. The Morgan fingerprint density at radius 1 is 1.21 bits per heavy atom. The van der Waals surface area contributed by atoms with Crippen molar-refractivity contribution >= 4 is 11.7 Å². The quantitative estimate of drug-likeness (QED) is 0.303. The van der Waals surface area contributed by atoms with Gasteiger partial charge in [0, 0.05) is 30.6 Å². The number of likely N-dealkylation sites (tertiary alicyclic amines) is 1. The summed E-state index contributed by atoms with van der Waals surface area (Å²) in [5.74, 6) is 4.66. The van der Waals surface area contributed by atoms with E-state index >= 15 is 0 Å². The number of likely N-dealkylation sites (N-methyl/N-ethyl adjacent to an activating group) is 1. The van der Waals surface area contributed by atoms with Crippen LogP contribution in [-0.2, 0) is 18.4 Å². The van der Waals surface area contributed by atoms with Crippen molar-refractivity contribution in [3.05, 3.63) is 94.6 Å². The fourth-order valence-corrected chi connectivity index (χ4v) is 6.22. The molecular formula is C29H29F2N5O2. The molecule has 1 fully saturated rings. The van der Waals surface area contributed by atoms with Gasteiger partial charge in [0.05, 0.1) is 23.4 Å². The highest BCUT2D eigenvalue weighted by Gasteiger charge is 2.53. The van der Waals surface area contributed by atoms with E-state index in [4.69, 9.17) is 11.1 Å². The predicted molar refractivity (Wildman–Crippen MR) is 139 cm³/mol. The molecule has 38 heavy (non-hydrogen) atoms. The molecule has 1 heterocycles. The van der Waals surface area contributed by atoms with E-state index in [1.807, 2.05) is 12.1 Å². The SMILES string of the molecule is CN(C(=O)N(N)c1ccc(C#N)cc1)[C@H]1C2Cc3ccc(O)cc3[C@@]1(C)CCN2Cc1cccc(F)c1F. The lowest BCUT2D eigenvalue weighted by Crippen LogP contribution is -2.69. The fourth-order valence-electron chi connectivity index (χ4n) is 6.22. The summed E-state index contributed by atoms with van der Waals surface area (Å²) in [5.41, 5.74) is 2.64. The highest BCUT2D eigenvalue weighted by molar-refractivity contribution is 5.91. The van der Waals surface area contributed by atoms with E-state index in [-0.39, 0.29) is 29.9 Å². The van der Waals surface area contributed by atoms with Crippen molar-refractivity contribution in [3.63, 3.8) is 0 Å². The largest absolute Gasteiger partial charge is 0.508 e. The summed E-state index contributed by atoms with van der Waals surface area (Å²) in [7, 11) is 1.70. The molecule has 196 valence electrons. The molecule has 3 aromatic rings. The molecule has 1 saturated heterocycles. The molecule has 9 heteroatoms. The normalized spacial score (nSPS) is 22.3. The molecule has 2 amide bonds. The van der Waals surface area contributed by atoms with Crippen molar-refractivity contribution in [2.24, 2.45) is 5.84 Å². The van der Waals surface area contributed by atoms with Gasteiger partial charge < -0.3 is 10.0 Å². The second kappa shape index (κ2) is 9.71. The Labute approximate surface area is 220 Å². The molecule has 1 aliphatic heterocycles. The van der Waals surface area contributed by atoms with E-state index in [1.54, 1.807) is 54.4 Å². The number of fused-ring (bicyclic) bond motifs is 4. The first-order valence-corrected chi connectivity index (χ1v) is 12.4. The first kappa shape index (κ1) is 25.6. The molecule has 0 saturated carbocycles. The molecule has 7 nitrogen and oxygen atoms in total. The zero-order valence-corrected chi connectivity index (χ0v) is 21.2. The summed E-state index contributed by atoms with van der Waals surface area (Å²) in [6.45, 7) is 2.87. The minimum absolute atomic E-state index is 0.151. The maximum atomic E-state index is 14.6. The smallest absolute Gasteiger partial charge is 0.338 e. The number of nitrogens with two attached hydrogens (primary N) is 1. The third-order valence-electron chi connectivity index (χ3n) is 8.15. The molecule has 2 bridgehead atoms. The van der Waals surface area contributed by atoms with Crippen molar-refractivity contribution in [1.82, 2.24) is 9.80 Å².